The van der Waals surface area contributed by atoms with Gasteiger partial charge in [0.05, 0.1) is 12.7 Å². The summed E-state index contributed by atoms with van der Waals surface area (Å²) in [5, 5.41) is 0. The van der Waals surface area contributed by atoms with Gasteiger partial charge in [0.2, 0.25) is 0 Å². The maximum Gasteiger partial charge on any atom is 0.335 e. The Bertz CT molecular complexity index is 198. The summed E-state index contributed by atoms with van der Waals surface area (Å²) in [5.41, 5.74) is 0.773. The Kier molecular flexibility index (Phi) is 2.29. The van der Waals surface area contributed by atoms with Crippen molar-refractivity contribution in [2.24, 2.45) is 0 Å². The Labute approximate surface area is 66.6 Å². The Morgan fingerprint density at radius 1 is 1.82 bits per heavy atom. The highest BCUT2D eigenvalue weighted by atomic mass is 16.5. The fraction of sp³-hybridized carbons (Fsp3) is 0.625. The van der Waals surface area contributed by atoms with Crippen molar-refractivity contribution in [1.29, 1.82) is 0 Å². The lowest BCUT2D eigenvalue weighted by Gasteiger charge is -2.16. The van der Waals surface area contributed by atoms with E-state index in [0.29, 0.717) is 0 Å². The number of carbonyl (C=O) groups is 1. The number of carbonyl (C=O) groups excluding carboxylic acids is 1. The lowest BCUT2D eigenvalue weighted by atomic mass is 10.1. The van der Waals surface area contributed by atoms with Gasteiger partial charge in [-0.3, -0.25) is 4.90 Å². The second kappa shape index (κ2) is 3.05. The van der Waals surface area contributed by atoms with E-state index in [1.165, 1.54) is 7.11 Å². The van der Waals surface area contributed by atoms with E-state index >= 15 is 0 Å². The van der Waals surface area contributed by atoms with Gasteiger partial charge in [-0.1, -0.05) is 6.08 Å². The topological polar surface area (TPSA) is 29.5 Å². The van der Waals surface area contributed by atoms with Gasteiger partial charge in [0.1, 0.15) is 0 Å². The summed E-state index contributed by atoms with van der Waals surface area (Å²) in [7, 11) is 3.39. The zero-order valence-corrected chi connectivity index (χ0v) is 7.13. The third-order valence-corrected chi connectivity index (χ3v) is 2.13. The molecule has 1 atom stereocenters. The molecule has 0 saturated carbocycles. The molecule has 11 heavy (non-hydrogen) atoms. The summed E-state index contributed by atoms with van der Waals surface area (Å²) in [4.78, 5) is 13.1. The predicted molar refractivity (Wildman–Crippen MR) is 42.2 cm³/mol. The average molecular weight is 155 g/mol. The minimum atomic E-state index is -0.207. The van der Waals surface area contributed by atoms with Crippen LogP contribution >= 0.6 is 0 Å². The first-order valence-electron chi connectivity index (χ1n) is 3.65. The molecule has 0 N–H and O–H groups in total. The van der Waals surface area contributed by atoms with Crippen molar-refractivity contribution < 1.29 is 9.53 Å². The third-order valence-electron chi connectivity index (χ3n) is 2.13. The number of esters is 1. The van der Waals surface area contributed by atoms with Crippen LogP contribution in [0.25, 0.3) is 0 Å². The second-order valence-corrected chi connectivity index (χ2v) is 2.77. The minimum absolute atomic E-state index is 0.197. The summed E-state index contributed by atoms with van der Waals surface area (Å²) in [5.74, 6) is -0.207. The predicted octanol–water partition coefficient (Wildman–Crippen LogP) is 0.420. The largest absolute Gasteiger partial charge is 0.466 e. The molecule has 0 fully saturated rings. The van der Waals surface area contributed by atoms with E-state index < -0.39 is 0 Å². The van der Waals surface area contributed by atoms with E-state index in [1.807, 2.05) is 20.0 Å². The van der Waals surface area contributed by atoms with Crippen LogP contribution in [0.4, 0.5) is 0 Å². The van der Waals surface area contributed by atoms with E-state index in [9.17, 15) is 4.79 Å². The molecule has 3 heteroatoms. The number of methoxy groups -OCH3 is 1. The first-order valence-corrected chi connectivity index (χ1v) is 3.65. The molecule has 62 valence electrons. The molecule has 1 aliphatic heterocycles. The monoisotopic (exact) mass is 155 g/mol. The molecule has 0 aromatic rings. The first-order chi connectivity index (χ1) is 5.16. The van der Waals surface area contributed by atoms with Crippen molar-refractivity contribution in [3.63, 3.8) is 0 Å². The maximum absolute atomic E-state index is 11.1. The van der Waals surface area contributed by atoms with E-state index in [1.54, 1.807) is 0 Å². The highest BCUT2D eigenvalue weighted by Crippen LogP contribution is 2.16. The smallest absolute Gasteiger partial charge is 0.335 e. The van der Waals surface area contributed by atoms with E-state index in [-0.39, 0.29) is 12.0 Å². The fourth-order valence-corrected chi connectivity index (χ4v) is 1.18. The summed E-state index contributed by atoms with van der Waals surface area (Å²) >= 11 is 0. The van der Waals surface area contributed by atoms with Crippen LogP contribution in [0.2, 0.25) is 0 Å². The number of likely N-dealkylation sites (N-methyl/N-ethyl adjacent to an activating group) is 1. The van der Waals surface area contributed by atoms with Crippen LogP contribution in [-0.2, 0) is 9.53 Å². The summed E-state index contributed by atoms with van der Waals surface area (Å²) in [6.45, 7) is 2.83. The standard InChI is InChI=1S/C8H13NO2/c1-6-7(8(10)11-3)4-5-9(6)2/h4,6H,5H2,1-3H3. The van der Waals surface area contributed by atoms with Crippen molar-refractivity contribution in [1.82, 2.24) is 4.90 Å². The van der Waals surface area contributed by atoms with Gasteiger partial charge in [0.15, 0.2) is 0 Å². The number of hydrogen-bond donors (Lipinski definition) is 0. The van der Waals surface area contributed by atoms with Crippen LogP contribution in [0.15, 0.2) is 11.6 Å². The molecule has 0 radical (unpaired) electrons. The van der Waals surface area contributed by atoms with Crippen LogP contribution in [0.5, 0.6) is 0 Å². The summed E-state index contributed by atoms with van der Waals surface area (Å²) in [6, 6.07) is 0.197. The van der Waals surface area contributed by atoms with Gasteiger partial charge in [-0.25, -0.2) is 4.79 Å². The second-order valence-electron chi connectivity index (χ2n) is 2.77. The number of hydrogen-bond acceptors (Lipinski definition) is 3. The highest BCUT2D eigenvalue weighted by Gasteiger charge is 2.25. The molecular formula is C8H13NO2. The van der Waals surface area contributed by atoms with Crippen molar-refractivity contribution in [2.75, 3.05) is 20.7 Å². The van der Waals surface area contributed by atoms with E-state index in [4.69, 9.17) is 0 Å². The average Bonchev–Trinajstić information content (AvgIpc) is 2.32. The highest BCUT2D eigenvalue weighted by molar-refractivity contribution is 5.90. The number of rotatable bonds is 1. The molecule has 0 amide bonds. The van der Waals surface area contributed by atoms with Gasteiger partial charge in [-0.15, -0.1) is 0 Å². The molecule has 0 spiro atoms. The zero-order chi connectivity index (χ0) is 8.43. The Morgan fingerprint density at radius 2 is 2.45 bits per heavy atom. The molecule has 0 saturated heterocycles. The lowest BCUT2D eigenvalue weighted by Crippen LogP contribution is -2.27. The molecular weight excluding hydrogens is 142 g/mol. The van der Waals surface area contributed by atoms with Crippen LogP contribution in [-0.4, -0.2) is 37.6 Å². The van der Waals surface area contributed by atoms with Crippen LogP contribution < -0.4 is 0 Å². The molecule has 1 unspecified atom stereocenters. The first kappa shape index (κ1) is 8.27. The van der Waals surface area contributed by atoms with Crippen LogP contribution in [0.1, 0.15) is 6.92 Å². The minimum Gasteiger partial charge on any atom is -0.466 e. The van der Waals surface area contributed by atoms with Crippen molar-refractivity contribution >= 4 is 5.97 Å². The molecule has 1 rings (SSSR count). The van der Waals surface area contributed by atoms with E-state index in [0.717, 1.165) is 12.1 Å². The van der Waals surface area contributed by atoms with Gasteiger partial charge in [0, 0.05) is 12.6 Å². The van der Waals surface area contributed by atoms with Crippen LogP contribution in [0, 0.1) is 0 Å². The molecule has 0 aliphatic carbocycles. The van der Waals surface area contributed by atoms with Crippen molar-refractivity contribution in [2.45, 2.75) is 13.0 Å². The molecule has 3 nitrogen and oxygen atoms in total. The quantitative estimate of drug-likeness (QED) is 0.514. The molecule has 0 bridgehead atoms. The van der Waals surface area contributed by atoms with Gasteiger partial charge < -0.3 is 4.74 Å². The fourth-order valence-electron chi connectivity index (χ4n) is 1.18. The van der Waals surface area contributed by atoms with Gasteiger partial charge in [0.25, 0.3) is 0 Å². The molecule has 0 aromatic heterocycles. The van der Waals surface area contributed by atoms with Crippen molar-refractivity contribution in [3.8, 4) is 0 Å². The van der Waals surface area contributed by atoms with E-state index in [2.05, 4.69) is 9.64 Å². The number of ether oxygens (including phenoxy) is 1. The summed E-state index contributed by atoms with van der Waals surface area (Å²) in [6.07, 6.45) is 1.91. The zero-order valence-electron chi connectivity index (χ0n) is 7.13. The molecule has 1 heterocycles. The molecule has 0 aromatic carbocycles. The van der Waals surface area contributed by atoms with Crippen molar-refractivity contribution in [3.05, 3.63) is 11.6 Å². The lowest BCUT2D eigenvalue weighted by molar-refractivity contribution is -0.136. The Balaban J connectivity index is 2.67. The molecule has 1 aliphatic rings. The SMILES string of the molecule is COC(=O)C1=CCN(C)C1C. The van der Waals surface area contributed by atoms with Gasteiger partial charge in [-0.05, 0) is 14.0 Å². The maximum atomic E-state index is 11.1. The normalized spacial score (nSPS) is 25.0. The van der Waals surface area contributed by atoms with Gasteiger partial charge in [-0.2, -0.15) is 0 Å². The Hall–Kier alpha value is -0.830. The summed E-state index contributed by atoms with van der Waals surface area (Å²) < 4.78 is 4.62. The Morgan fingerprint density at radius 3 is 2.82 bits per heavy atom. The van der Waals surface area contributed by atoms with Gasteiger partial charge >= 0.3 is 5.97 Å². The van der Waals surface area contributed by atoms with Crippen LogP contribution in [0.3, 0.4) is 0 Å². The number of nitrogens with zero attached hydrogens (tertiary/aromatic N) is 1. The third kappa shape index (κ3) is 1.43.